The van der Waals surface area contributed by atoms with Crippen LogP contribution in [0.25, 0.3) is 10.9 Å². The monoisotopic (exact) mass is 404 g/mol. The molecule has 2 heterocycles. The van der Waals surface area contributed by atoms with Crippen LogP contribution in [-0.4, -0.2) is 33.0 Å². The molecule has 5 heteroatoms. The van der Waals surface area contributed by atoms with Gasteiger partial charge in [-0.25, -0.2) is 0 Å². The molecule has 1 N–H and O–H groups in total. The number of aryl methyl sites for hydroxylation is 1. The Balaban J connectivity index is 1.58. The number of para-hydroxylation sites is 1. The fourth-order valence-corrected chi connectivity index (χ4v) is 4.49. The summed E-state index contributed by atoms with van der Waals surface area (Å²) in [7, 11) is 0. The zero-order chi connectivity index (χ0) is 21.1. The van der Waals surface area contributed by atoms with Gasteiger partial charge in [0.05, 0.1) is 6.54 Å². The minimum absolute atomic E-state index is 0.124. The average molecular weight is 405 g/mol. The normalized spacial score (nSPS) is 13.4. The van der Waals surface area contributed by atoms with Gasteiger partial charge in [0.25, 0.3) is 0 Å². The van der Waals surface area contributed by atoms with Crippen molar-refractivity contribution in [3.63, 3.8) is 0 Å². The van der Waals surface area contributed by atoms with Gasteiger partial charge in [-0.15, -0.1) is 0 Å². The molecule has 0 atom stereocenters. The molecule has 0 bridgehead atoms. The van der Waals surface area contributed by atoms with Crippen molar-refractivity contribution in [1.82, 2.24) is 9.47 Å². The number of hydrogen-bond acceptors (Lipinski definition) is 2. The quantitative estimate of drug-likeness (QED) is 0.589. The highest BCUT2D eigenvalue weighted by molar-refractivity contribution is 5.86. The highest BCUT2D eigenvalue weighted by Crippen LogP contribution is 2.32. The first-order valence-corrected chi connectivity index (χ1v) is 10.7. The number of aliphatic carboxylic acids is 1. The second-order valence-electron chi connectivity index (χ2n) is 8.18. The number of rotatable bonds is 7. The summed E-state index contributed by atoms with van der Waals surface area (Å²) in [6, 6.07) is 17.1. The summed E-state index contributed by atoms with van der Waals surface area (Å²) in [4.78, 5) is 25.4. The molecule has 1 amide bonds. The van der Waals surface area contributed by atoms with E-state index in [0.29, 0.717) is 25.8 Å². The summed E-state index contributed by atoms with van der Waals surface area (Å²) in [5.74, 6) is -0.677. The molecule has 0 aliphatic carbocycles. The van der Waals surface area contributed by atoms with E-state index in [1.54, 1.807) is 0 Å². The van der Waals surface area contributed by atoms with Crippen molar-refractivity contribution < 1.29 is 14.7 Å². The highest BCUT2D eigenvalue weighted by atomic mass is 16.4. The first kappa shape index (κ1) is 20.2. The second-order valence-corrected chi connectivity index (χ2v) is 8.18. The Bertz CT molecular complexity index is 1080. The predicted molar refractivity (Wildman–Crippen MR) is 117 cm³/mol. The summed E-state index contributed by atoms with van der Waals surface area (Å²) in [5.41, 5.74) is 6.31. The summed E-state index contributed by atoms with van der Waals surface area (Å²) in [6.45, 7) is 4.24. The van der Waals surface area contributed by atoms with Crippen molar-refractivity contribution in [2.45, 2.75) is 52.1 Å². The summed E-state index contributed by atoms with van der Waals surface area (Å²) < 4.78 is 2.36. The van der Waals surface area contributed by atoms with Crippen LogP contribution in [0.5, 0.6) is 0 Å². The number of amides is 1. The third-order valence-corrected chi connectivity index (χ3v) is 5.97. The van der Waals surface area contributed by atoms with E-state index in [9.17, 15) is 9.59 Å². The Kier molecular flexibility index (Phi) is 5.88. The van der Waals surface area contributed by atoms with E-state index in [1.807, 2.05) is 4.90 Å². The predicted octanol–water partition coefficient (Wildman–Crippen LogP) is 4.53. The van der Waals surface area contributed by atoms with Crippen molar-refractivity contribution in [2.24, 2.45) is 0 Å². The lowest BCUT2D eigenvalue weighted by molar-refractivity contribution is -0.137. The Labute approximate surface area is 176 Å². The molecule has 156 valence electrons. The van der Waals surface area contributed by atoms with E-state index >= 15 is 0 Å². The van der Waals surface area contributed by atoms with Gasteiger partial charge in [-0.1, -0.05) is 48.0 Å². The van der Waals surface area contributed by atoms with E-state index in [0.717, 1.165) is 19.5 Å². The molecular weight excluding hydrogens is 376 g/mol. The van der Waals surface area contributed by atoms with Gasteiger partial charge >= 0.3 is 5.97 Å². The zero-order valence-electron chi connectivity index (χ0n) is 17.4. The van der Waals surface area contributed by atoms with E-state index in [2.05, 4.69) is 60.0 Å². The Morgan fingerprint density at radius 3 is 2.63 bits per heavy atom. The summed E-state index contributed by atoms with van der Waals surface area (Å²) >= 11 is 0. The fraction of sp³-hybridized carbons (Fsp3) is 0.360. The third-order valence-electron chi connectivity index (χ3n) is 5.97. The number of fused-ring (bicyclic) bond motifs is 3. The number of carbonyl (C=O) groups is 2. The van der Waals surface area contributed by atoms with E-state index in [-0.39, 0.29) is 12.3 Å². The maximum atomic E-state index is 12.8. The van der Waals surface area contributed by atoms with Crippen LogP contribution in [0, 0.1) is 6.92 Å². The van der Waals surface area contributed by atoms with Gasteiger partial charge in [0.2, 0.25) is 5.91 Å². The van der Waals surface area contributed by atoms with Gasteiger partial charge in [0.1, 0.15) is 0 Å². The largest absolute Gasteiger partial charge is 0.481 e. The first-order valence-electron chi connectivity index (χ1n) is 10.7. The molecule has 4 rings (SSSR count). The molecule has 0 unspecified atom stereocenters. The van der Waals surface area contributed by atoms with Crippen molar-refractivity contribution in [3.05, 3.63) is 70.9 Å². The molecule has 1 aliphatic heterocycles. The average Bonchev–Trinajstić information content (AvgIpc) is 3.04. The Morgan fingerprint density at radius 1 is 1.03 bits per heavy atom. The molecule has 5 nitrogen and oxygen atoms in total. The van der Waals surface area contributed by atoms with Crippen LogP contribution in [0.4, 0.5) is 0 Å². The lowest BCUT2D eigenvalue weighted by atomic mass is 10.0. The SMILES string of the molecule is Cc1cccc(Cn2c3c(c4ccccc42)CCN(C(=O)CCCCC(=O)O)C3)c1. The zero-order valence-corrected chi connectivity index (χ0v) is 17.4. The lowest BCUT2D eigenvalue weighted by Crippen LogP contribution is -2.36. The first-order chi connectivity index (χ1) is 14.5. The number of benzene rings is 2. The van der Waals surface area contributed by atoms with Gasteiger partial charge in [-0.3, -0.25) is 9.59 Å². The standard InChI is InChI=1S/C25H28N2O3/c1-18-7-6-8-19(15-18)16-27-22-10-3-2-9-20(22)21-13-14-26(17-23(21)27)24(28)11-4-5-12-25(29)30/h2-3,6-10,15H,4-5,11-14,16-17H2,1H3,(H,29,30). The van der Waals surface area contributed by atoms with Gasteiger partial charge in [-0.05, 0) is 43.4 Å². The molecular formula is C25H28N2O3. The van der Waals surface area contributed by atoms with Crippen molar-refractivity contribution in [2.75, 3.05) is 6.54 Å². The smallest absolute Gasteiger partial charge is 0.303 e. The maximum absolute atomic E-state index is 12.8. The maximum Gasteiger partial charge on any atom is 0.303 e. The van der Waals surface area contributed by atoms with Crippen LogP contribution >= 0.6 is 0 Å². The number of aromatic nitrogens is 1. The van der Waals surface area contributed by atoms with Gasteiger partial charge < -0.3 is 14.6 Å². The lowest BCUT2D eigenvalue weighted by Gasteiger charge is -2.29. The fourth-order valence-electron chi connectivity index (χ4n) is 4.49. The number of carboxylic acids is 1. The minimum atomic E-state index is -0.800. The molecule has 0 fully saturated rings. The minimum Gasteiger partial charge on any atom is -0.481 e. The molecule has 1 aliphatic rings. The molecule has 3 aromatic rings. The van der Waals surface area contributed by atoms with E-state index in [4.69, 9.17) is 5.11 Å². The van der Waals surface area contributed by atoms with Gasteiger partial charge in [0.15, 0.2) is 0 Å². The Morgan fingerprint density at radius 2 is 1.83 bits per heavy atom. The van der Waals surface area contributed by atoms with E-state index < -0.39 is 5.97 Å². The van der Waals surface area contributed by atoms with E-state index in [1.165, 1.54) is 33.3 Å². The topological polar surface area (TPSA) is 62.5 Å². The summed E-state index contributed by atoms with van der Waals surface area (Å²) in [6.07, 6.45) is 2.58. The number of carboxylic acid groups (broad SMARTS) is 1. The van der Waals surface area contributed by atoms with Crippen molar-refractivity contribution in [1.29, 1.82) is 0 Å². The molecule has 2 aromatic carbocycles. The van der Waals surface area contributed by atoms with Crippen LogP contribution in [-0.2, 0) is 29.1 Å². The van der Waals surface area contributed by atoms with Crippen LogP contribution in [0.3, 0.4) is 0 Å². The Hall–Kier alpha value is -3.08. The van der Waals surface area contributed by atoms with Crippen LogP contribution in [0.2, 0.25) is 0 Å². The van der Waals surface area contributed by atoms with Crippen LogP contribution in [0.1, 0.15) is 48.1 Å². The second kappa shape index (κ2) is 8.74. The summed E-state index contributed by atoms with van der Waals surface area (Å²) in [5, 5.41) is 10.1. The molecule has 0 radical (unpaired) electrons. The molecule has 1 aromatic heterocycles. The highest BCUT2D eigenvalue weighted by Gasteiger charge is 2.26. The van der Waals surface area contributed by atoms with Crippen molar-refractivity contribution >= 4 is 22.8 Å². The number of unbranched alkanes of at least 4 members (excludes halogenated alkanes) is 1. The molecule has 30 heavy (non-hydrogen) atoms. The van der Waals surface area contributed by atoms with Gasteiger partial charge in [-0.2, -0.15) is 0 Å². The number of hydrogen-bond donors (Lipinski definition) is 1. The van der Waals surface area contributed by atoms with Crippen molar-refractivity contribution in [3.8, 4) is 0 Å². The molecule has 0 spiro atoms. The van der Waals surface area contributed by atoms with Crippen LogP contribution in [0.15, 0.2) is 48.5 Å². The van der Waals surface area contributed by atoms with Gasteiger partial charge in [0, 0.05) is 42.5 Å². The van der Waals surface area contributed by atoms with Crippen LogP contribution < -0.4 is 0 Å². The molecule has 0 saturated carbocycles. The number of carbonyl (C=O) groups excluding carboxylic acids is 1. The molecule has 0 saturated heterocycles. The number of nitrogens with zero attached hydrogens (tertiary/aromatic N) is 2. The third kappa shape index (κ3) is 4.25.